The molecule has 1 aliphatic heterocycles. The van der Waals surface area contributed by atoms with Crippen molar-refractivity contribution in [1.29, 1.82) is 0 Å². The van der Waals surface area contributed by atoms with Gasteiger partial charge in [-0.2, -0.15) is 0 Å². The molecule has 0 saturated carbocycles. The van der Waals surface area contributed by atoms with E-state index in [0.717, 1.165) is 5.69 Å². The zero-order valence-electron chi connectivity index (χ0n) is 15.0. The molecule has 1 amide bonds. The first kappa shape index (κ1) is 19.2. The fourth-order valence-corrected chi connectivity index (χ4v) is 3.13. The van der Waals surface area contributed by atoms with Crippen molar-refractivity contribution in [1.82, 2.24) is 0 Å². The molecule has 0 aliphatic carbocycles. The highest BCUT2D eigenvalue weighted by molar-refractivity contribution is 6.34. The van der Waals surface area contributed by atoms with E-state index in [2.05, 4.69) is 10.2 Å². The minimum atomic E-state index is -0.423. The molecule has 2 aromatic rings. The molecule has 0 bridgehead atoms. The molecule has 7 heteroatoms. The van der Waals surface area contributed by atoms with Crippen molar-refractivity contribution in [2.24, 2.45) is 0 Å². The Bertz CT molecular complexity index is 834. The van der Waals surface area contributed by atoms with Gasteiger partial charge in [0.2, 0.25) is 0 Å². The number of carbonyl (C=O) groups excluding carboxylic acids is 2. The van der Waals surface area contributed by atoms with Gasteiger partial charge in [-0.05, 0) is 37.3 Å². The molecule has 1 N–H and O–H groups in total. The molecule has 142 valence electrons. The SMILES string of the molecule is CCOC(=O)c1cc(NC(=O)c2ccccc2Cl)ccc1N1CCOCC1. The summed E-state index contributed by atoms with van der Waals surface area (Å²) in [6.45, 7) is 4.63. The topological polar surface area (TPSA) is 67.9 Å². The Kier molecular flexibility index (Phi) is 6.32. The standard InChI is InChI=1S/C20H21ClN2O4/c1-2-27-20(25)16-13-14(7-8-18(16)23-9-11-26-12-10-23)22-19(24)15-5-3-4-6-17(15)21/h3-8,13H,2,9-12H2,1H3,(H,22,24). The van der Waals surface area contributed by atoms with Gasteiger partial charge in [0.15, 0.2) is 0 Å². The number of morpholine rings is 1. The number of halogens is 1. The van der Waals surface area contributed by atoms with E-state index in [0.29, 0.717) is 48.1 Å². The van der Waals surface area contributed by atoms with E-state index in [1.807, 2.05) is 6.07 Å². The number of amides is 1. The number of ether oxygens (including phenoxy) is 2. The number of carbonyl (C=O) groups is 2. The predicted octanol–water partition coefficient (Wildman–Crippen LogP) is 3.61. The molecule has 1 saturated heterocycles. The predicted molar refractivity (Wildman–Crippen MR) is 105 cm³/mol. The molecule has 0 aromatic heterocycles. The number of hydrogen-bond acceptors (Lipinski definition) is 5. The lowest BCUT2D eigenvalue weighted by molar-refractivity contribution is 0.0526. The quantitative estimate of drug-likeness (QED) is 0.792. The highest BCUT2D eigenvalue weighted by Gasteiger charge is 2.21. The monoisotopic (exact) mass is 388 g/mol. The van der Waals surface area contributed by atoms with Crippen molar-refractivity contribution in [3.63, 3.8) is 0 Å². The van der Waals surface area contributed by atoms with E-state index in [-0.39, 0.29) is 12.5 Å². The van der Waals surface area contributed by atoms with Crippen molar-refractivity contribution in [2.45, 2.75) is 6.92 Å². The number of nitrogens with zero attached hydrogens (tertiary/aromatic N) is 1. The maximum atomic E-state index is 12.5. The molecule has 0 spiro atoms. The number of rotatable bonds is 5. The second-order valence-corrected chi connectivity index (χ2v) is 6.39. The van der Waals surface area contributed by atoms with Crippen LogP contribution in [0.2, 0.25) is 5.02 Å². The van der Waals surface area contributed by atoms with Crippen LogP contribution in [0.5, 0.6) is 0 Å². The molecule has 3 rings (SSSR count). The molecular weight excluding hydrogens is 368 g/mol. The van der Waals surface area contributed by atoms with Gasteiger partial charge in [-0.15, -0.1) is 0 Å². The van der Waals surface area contributed by atoms with Gasteiger partial charge in [0.1, 0.15) is 0 Å². The van der Waals surface area contributed by atoms with Crippen molar-refractivity contribution >= 4 is 34.9 Å². The number of benzene rings is 2. The summed E-state index contributed by atoms with van der Waals surface area (Å²) in [5.74, 6) is -0.762. The lowest BCUT2D eigenvalue weighted by atomic mass is 10.1. The van der Waals surface area contributed by atoms with E-state index in [1.54, 1.807) is 43.3 Å². The molecule has 27 heavy (non-hydrogen) atoms. The number of nitrogens with one attached hydrogen (secondary N) is 1. The van der Waals surface area contributed by atoms with Gasteiger partial charge in [0.05, 0.1) is 41.7 Å². The molecule has 1 heterocycles. The first-order valence-corrected chi connectivity index (χ1v) is 9.17. The normalized spacial score (nSPS) is 13.9. The second kappa shape index (κ2) is 8.88. The summed E-state index contributed by atoms with van der Waals surface area (Å²) < 4.78 is 10.6. The van der Waals surface area contributed by atoms with Crippen molar-refractivity contribution in [2.75, 3.05) is 43.1 Å². The Morgan fingerprint density at radius 2 is 1.89 bits per heavy atom. The smallest absolute Gasteiger partial charge is 0.340 e. The Balaban J connectivity index is 1.88. The number of esters is 1. The van der Waals surface area contributed by atoms with Crippen LogP contribution in [0.1, 0.15) is 27.6 Å². The minimum absolute atomic E-state index is 0.275. The number of anilines is 2. The van der Waals surface area contributed by atoms with E-state index < -0.39 is 5.97 Å². The Morgan fingerprint density at radius 1 is 1.15 bits per heavy atom. The van der Waals surface area contributed by atoms with Gasteiger partial charge < -0.3 is 19.7 Å². The summed E-state index contributed by atoms with van der Waals surface area (Å²) in [5, 5.41) is 3.16. The largest absolute Gasteiger partial charge is 0.462 e. The summed E-state index contributed by atoms with van der Waals surface area (Å²) in [7, 11) is 0. The van der Waals surface area contributed by atoms with Crippen LogP contribution < -0.4 is 10.2 Å². The van der Waals surface area contributed by atoms with Crippen LogP contribution in [0.15, 0.2) is 42.5 Å². The molecule has 0 radical (unpaired) electrons. The van der Waals surface area contributed by atoms with Crippen LogP contribution in [0.4, 0.5) is 11.4 Å². The molecule has 1 aliphatic rings. The Hall–Kier alpha value is -2.57. The Morgan fingerprint density at radius 3 is 2.59 bits per heavy atom. The van der Waals surface area contributed by atoms with Crippen LogP contribution in [0.25, 0.3) is 0 Å². The number of hydrogen-bond donors (Lipinski definition) is 1. The van der Waals surface area contributed by atoms with E-state index in [9.17, 15) is 9.59 Å². The fraction of sp³-hybridized carbons (Fsp3) is 0.300. The van der Waals surface area contributed by atoms with Gasteiger partial charge >= 0.3 is 5.97 Å². The average Bonchev–Trinajstić information content (AvgIpc) is 2.69. The average molecular weight is 389 g/mol. The molecule has 0 unspecified atom stereocenters. The third kappa shape index (κ3) is 4.59. The van der Waals surface area contributed by atoms with Crippen molar-refractivity contribution < 1.29 is 19.1 Å². The third-order valence-electron chi connectivity index (χ3n) is 4.22. The summed E-state index contributed by atoms with van der Waals surface area (Å²) in [4.78, 5) is 27.0. The summed E-state index contributed by atoms with van der Waals surface area (Å²) in [6.07, 6.45) is 0. The van der Waals surface area contributed by atoms with Crippen LogP contribution in [-0.2, 0) is 9.47 Å². The Labute approximate surface area is 163 Å². The van der Waals surface area contributed by atoms with Gasteiger partial charge in [0.25, 0.3) is 5.91 Å². The van der Waals surface area contributed by atoms with Crippen molar-refractivity contribution in [3.8, 4) is 0 Å². The first-order valence-electron chi connectivity index (χ1n) is 8.80. The molecule has 2 aromatic carbocycles. The minimum Gasteiger partial charge on any atom is -0.462 e. The van der Waals surface area contributed by atoms with E-state index in [1.165, 1.54) is 0 Å². The van der Waals surface area contributed by atoms with Crippen LogP contribution in [-0.4, -0.2) is 44.8 Å². The molecule has 1 fully saturated rings. The van der Waals surface area contributed by atoms with Gasteiger partial charge in [0, 0.05) is 18.8 Å². The van der Waals surface area contributed by atoms with E-state index >= 15 is 0 Å². The van der Waals surface area contributed by atoms with Gasteiger partial charge in [-0.25, -0.2) is 4.79 Å². The van der Waals surface area contributed by atoms with Crippen molar-refractivity contribution in [3.05, 3.63) is 58.6 Å². The van der Waals surface area contributed by atoms with Crippen LogP contribution in [0, 0.1) is 0 Å². The lowest BCUT2D eigenvalue weighted by Crippen LogP contribution is -2.37. The molecular formula is C20H21ClN2O4. The first-order chi connectivity index (χ1) is 13.1. The highest BCUT2D eigenvalue weighted by Crippen LogP contribution is 2.27. The summed E-state index contributed by atoms with van der Waals surface area (Å²) in [6, 6.07) is 12.0. The maximum Gasteiger partial charge on any atom is 0.340 e. The van der Waals surface area contributed by atoms with Gasteiger partial charge in [-0.1, -0.05) is 23.7 Å². The molecule has 0 atom stereocenters. The van der Waals surface area contributed by atoms with Gasteiger partial charge in [-0.3, -0.25) is 4.79 Å². The highest BCUT2D eigenvalue weighted by atomic mass is 35.5. The summed E-state index contributed by atoms with van der Waals surface area (Å²) in [5.41, 5.74) is 2.05. The zero-order valence-corrected chi connectivity index (χ0v) is 15.8. The lowest BCUT2D eigenvalue weighted by Gasteiger charge is -2.30. The second-order valence-electron chi connectivity index (χ2n) is 5.99. The molecule has 6 nitrogen and oxygen atoms in total. The van der Waals surface area contributed by atoms with Crippen LogP contribution >= 0.6 is 11.6 Å². The zero-order chi connectivity index (χ0) is 19.2. The summed E-state index contributed by atoms with van der Waals surface area (Å²) >= 11 is 6.08. The maximum absolute atomic E-state index is 12.5. The fourth-order valence-electron chi connectivity index (χ4n) is 2.91. The third-order valence-corrected chi connectivity index (χ3v) is 4.55. The van der Waals surface area contributed by atoms with E-state index in [4.69, 9.17) is 21.1 Å². The van der Waals surface area contributed by atoms with Crippen LogP contribution in [0.3, 0.4) is 0 Å².